The number of amides is 1. The van der Waals surface area contributed by atoms with Crippen molar-refractivity contribution < 1.29 is 17.9 Å². The van der Waals surface area contributed by atoms with Crippen LogP contribution in [0.3, 0.4) is 0 Å². The number of benzene rings is 2. The summed E-state index contributed by atoms with van der Waals surface area (Å²) >= 11 is 6.78. The van der Waals surface area contributed by atoms with Crippen LogP contribution in [0.4, 0.5) is 5.13 Å². The van der Waals surface area contributed by atoms with Crippen LogP contribution in [0.5, 0.6) is 5.75 Å². The van der Waals surface area contributed by atoms with Crippen LogP contribution < -0.4 is 14.8 Å². The maximum atomic E-state index is 12.8. The summed E-state index contributed by atoms with van der Waals surface area (Å²) in [5, 5.41) is 10.4. The van der Waals surface area contributed by atoms with Crippen molar-refractivity contribution in [3.05, 3.63) is 64.2 Å². The monoisotopic (exact) mass is 480 g/mol. The van der Waals surface area contributed by atoms with Gasteiger partial charge < -0.3 is 4.74 Å². The molecule has 0 aliphatic rings. The second-order valence-electron chi connectivity index (χ2n) is 6.62. The Bertz CT molecular complexity index is 1200. The van der Waals surface area contributed by atoms with Gasteiger partial charge in [0.05, 0.1) is 17.7 Å². The van der Waals surface area contributed by atoms with E-state index >= 15 is 0 Å². The van der Waals surface area contributed by atoms with Crippen molar-refractivity contribution in [1.29, 1.82) is 0 Å². The zero-order valence-electron chi connectivity index (χ0n) is 17.0. The van der Waals surface area contributed by atoms with Crippen LogP contribution in [0.15, 0.2) is 46.8 Å². The summed E-state index contributed by atoms with van der Waals surface area (Å²) < 4.78 is 33.4. The normalized spacial score (nSPS) is 12.4. The highest BCUT2D eigenvalue weighted by Crippen LogP contribution is 2.27. The van der Waals surface area contributed by atoms with Crippen molar-refractivity contribution in [3.63, 3.8) is 0 Å². The molecule has 0 spiro atoms. The van der Waals surface area contributed by atoms with Crippen molar-refractivity contribution in [1.82, 2.24) is 14.9 Å². The average molecular weight is 481 g/mol. The van der Waals surface area contributed by atoms with Crippen LogP contribution in [0.2, 0.25) is 5.02 Å². The zero-order valence-corrected chi connectivity index (χ0v) is 19.4. The molecule has 0 fully saturated rings. The van der Waals surface area contributed by atoms with Gasteiger partial charge in [0, 0.05) is 6.04 Å². The molecular weight excluding hydrogens is 460 g/mol. The van der Waals surface area contributed by atoms with Crippen LogP contribution in [-0.4, -0.2) is 31.6 Å². The number of nitrogens with one attached hydrogen (secondary N) is 2. The molecule has 8 nitrogen and oxygen atoms in total. The standard InChI is InChI=1S/C20H21ClN4O4S2/c1-4-16(13-9-10-17(29-3)12(2)11-13)25-31(27,28)20-24-23-19(30-20)22-18(26)14-7-5-6-8-15(14)21/h5-11,16,25H,4H2,1-3H3,(H,22,23,26)/t16-/m1/s1. The molecule has 1 atom stereocenters. The Hall–Kier alpha value is -2.53. The number of nitrogens with zero attached hydrogens (tertiary/aromatic N) is 2. The van der Waals surface area contributed by atoms with Gasteiger partial charge in [-0.2, -0.15) is 0 Å². The molecule has 0 aliphatic carbocycles. The fourth-order valence-corrected chi connectivity index (χ4v) is 5.36. The van der Waals surface area contributed by atoms with Gasteiger partial charge in [0.1, 0.15) is 5.75 Å². The molecule has 2 N–H and O–H groups in total. The molecule has 0 saturated heterocycles. The molecule has 0 unspecified atom stereocenters. The molecule has 164 valence electrons. The second-order valence-corrected chi connectivity index (χ2v) is 9.89. The van der Waals surface area contributed by atoms with Gasteiger partial charge in [0.2, 0.25) is 9.47 Å². The number of hydrogen-bond donors (Lipinski definition) is 2. The van der Waals surface area contributed by atoms with E-state index in [0.29, 0.717) is 6.42 Å². The molecule has 31 heavy (non-hydrogen) atoms. The van der Waals surface area contributed by atoms with E-state index in [1.807, 2.05) is 26.0 Å². The highest BCUT2D eigenvalue weighted by Gasteiger charge is 2.25. The Balaban J connectivity index is 1.76. The van der Waals surface area contributed by atoms with E-state index < -0.39 is 22.0 Å². The lowest BCUT2D eigenvalue weighted by Gasteiger charge is -2.17. The molecule has 3 rings (SSSR count). The molecule has 1 amide bonds. The molecule has 0 aliphatic heterocycles. The quantitative estimate of drug-likeness (QED) is 0.468. The number of carbonyl (C=O) groups is 1. The molecule has 11 heteroatoms. The summed E-state index contributed by atoms with van der Waals surface area (Å²) in [6.45, 7) is 3.77. The smallest absolute Gasteiger partial charge is 0.270 e. The van der Waals surface area contributed by atoms with Crippen LogP contribution in [0.1, 0.15) is 40.9 Å². The Kier molecular flexibility index (Phi) is 7.26. The molecule has 2 aromatic carbocycles. The molecule has 0 bridgehead atoms. The second kappa shape index (κ2) is 9.73. The number of ether oxygens (including phenoxy) is 1. The van der Waals surface area contributed by atoms with Gasteiger partial charge in [-0.05, 0) is 42.7 Å². The van der Waals surface area contributed by atoms with Crippen molar-refractivity contribution in [2.75, 3.05) is 12.4 Å². The van der Waals surface area contributed by atoms with Gasteiger partial charge in [-0.1, -0.05) is 54.1 Å². The minimum atomic E-state index is -3.95. The summed E-state index contributed by atoms with van der Waals surface area (Å²) in [6.07, 6.45) is 0.528. The molecule has 3 aromatic rings. The Morgan fingerprint density at radius 2 is 1.97 bits per heavy atom. The van der Waals surface area contributed by atoms with Crippen molar-refractivity contribution in [2.24, 2.45) is 0 Å². The lowest BCUT2D eigenvalue weighted by atomic mass is 10.0. The number of aromatic nitrogens is 2. The number of halogens is 1. The van der Waals surface area contributed by atoms with Gasteiger partial charge in [-0.25, -0.2) is 13.1 Å². The largest absolute Gasteiger partial charge is 0.496 e. The first-order valence-corrected chi connectivity index (χ1v) is 12.0. The van der Waals surface area contributed by atoms with Crippen LogP contribution >= 0.6 is 22.9 Å². The zero-order chi connectivity index (χ0) is 22.6. The molecular formula is C20H21ClN4O4S2. The maximum absolute atomic E-state index is 12.8. The minimum Gasteiger partial charge on any atom is -0.496 e. The number of sulfonamides is 1. The Labute approximate surface area is 189 Å². The van der Waals surface area contributed by atoms with Crippen molar-refractivity contribution in [2.45, 2.75) is 30.6 Å². The lowest BCUT2D eigenvalue weighted by Crippen LogP contribution is -2.28. The predicted molar refractivity (Wildman–Crippen MR) is 120 cm³/mol. The summed E-state index contributed by atoms with van der Waals surface area (Å²) in [4.78, 5) is 12.4. The van der Waals surface area contributed by atoms with Gasteiger partial charge >= 0.3 is 0 Å². The van der Waals surface area contributed by atoms with Gasteiger partial charge in [0.25, 0.3) is 15.9 Å². The van der Waals surface area contributed by atoms with Crippen molar-refractivity contribution >= 4 is 44.0 Å². The van der Waals surface area contributed by atoms with Gasteiger partial charge in [0.15, 0.2) is 0 Å². The summed E-state index contributed by atoms with van der Waals surface area (Å²) in [5.74, 6) is 0.225. The highest BCUT2D eigenvalue weighted by molar-refractivity contribution is 7.91. The first-order chi connectivity index (χ1) is 14.7. The number of anilines is 1. The third kappa shape index (κ3) is 5.40. The Morgan fingerprint density at radius 1 is 1.23 bits per heavy atom. The number of rotatable bonds is 8. The topological polar surface area (TPSA) is 110 Å². The number of aryl methyl sites for hydroxylation is 1. The molecule has 1 aromatic heterocycles. The fraction of sp³-hybridized carbons (Fsp3) is 0.250. The van der Waals surface area contributed by atoms with E-state index in [9.17, 15) is 13.2 Å². The summed E-state index contributed by atoms with van der Waals surface area (Å²) in [7, 11) is -2.37. The minimum absolute atomic E-state index is 0.0543. The summed E-state index contributed by atoms with van der Waals surface area (Å²) in [6, 6.07) is 11.6. The Morgan fingerprint density at radius 3 is 2.61 bits per heavy atom. The van der Waals surface area contributed by atoms with Gasteiger partial charge in [-0.3, -0.25) is 10.1 Å². The van der Waals surface area contributed by atoms with E-state index in [2.05, 4.69) is 20.2 Å². The third-order valence-corrected chi connectivity index (χ3v) is 7.51. The highest BCUT2D eigenvalue weighted by atomic mass is 35.5. The van der Waals surface area contributed by atoms with E-state index in [1.165, 1.54) is 0 Å². The molecule has 0 radical (unpaired) electrons. The SMILES string of the molecule is CC[C@@H](NS(=O)(=O)c1nnc(NC(=O)c2ccccc2Cl)s1)c1ccc(OC)c(C)c1. The molecule has 0 saturated carbocycles. The van der Waals surface area contributed by atoms with E-state index in [1.54, 1.807) is 37.4 Å². The first-order valence-electron chi connectivity index (χ1n) is 9.31. The number of hydrogen-bond acceptors (Lipinski definition) is 7. The maximum Gasteiger partial charge on any atom is 0.270 e. The van der Waals surface area contributed by atoms with E-state index in [-0.39, 0.29) is 20.1 Å². The lowest BCUT2D eigenvalue weighted by molar-refractivity contribution is 0.102. The van der Waals surface area contributed by atoms with Crippen LogP contribution in [-0.2, 0) is 10.0 Å². The van der Waals surface area contributed by atoms with Crippen LogP contribution in [0.25, 0.3) is 0 Å². The first kappa shape index (κ1) is 23.1. The molecule has 1 heterocycles. The van der Waals surface area contributed by atoms with E-state index in [4.69, 9.17) is 16.3 Å². The average Bonchev–Trinajstić information content (AvgIpc) is 3.21. The van der Waals surface area contributed by atoms with E-state index in [0.717, 1.165) is 28.2 Å². The number of methoxy groups -OCH3 is 1. The summed E-state index contributed by atoms with van der Waals surface area (Å²) in [5.41, 5.74) is 1.96. The number of carbonyl (C=O) groups excluding carboxylic acids is 1. The predicted octanol–water partition coefficient (Wildman–Crippen LogP) is 4.19. The van der Waals surface area contributed by atoms with Crippen LogP contribution in [0, 0.1) is 6.92 Å². The fourth-order valence-electron chi connectivity index (χ4n) is 2.92. The third-order valence-electron chi connectivity index (χ3n) is 4.50. The van der Waals surface area contributed by atoms with Gasteiger partial charge in [-0.15, -0.1) is 10.2 Å². The van der Waals surface area contributed by atoms with Crippen molar-refractivity contribution in [3.8, 4) is 5.75 Å².